The van der Waals surface area contributed by atoms with Gasteiger partial charge in [-0.2, -0.15) is 0 Å². The van der Waals surface area contributed by atoms with Gasteiger partial charge in [0.15, 0.2) is 0 Å². The van der Waals surface area contributed by atoms with Crippen LogP contribution in [-0.2, 0) is 10.8 Å². The van der Waals surface area contributed by atoms with Crippen molar-refractivity contribution in [3.05, 3.63) is 222 Å². The van der Waals surface area contributed by atoms with Crippen molar-refractivity contribution in [3.8, 4) is 16.8 Å². The molecule has 292 valence electrons. The van der Waals surface area contributed by atoms with Gasteiger partial charge in [-0.05, 0) is 129 Å². The molecule has 0 N–H and O–H groups in total. The third-order valence-electron chi connectivity index (χ3n) is 13.6. The Morgan fingerprint density at radius 3 is 1.39 bits per heavy atom. The van der Waals surface area contributed by atoms with Crippen molar-refractivity contribution in [2.24, 2.45) is 0 Å². The topological polar surface area (TPSA) is 11.4 Å². The predicted octanol–water partition coefficient (Wildman–Crippen LogP) is 15.8. The monoisotopic (exact) mass is 783 g/mol. The molecule has 9 aromatic carbocycles. The minimum absolute atomic E-state index is 0.222. The second-order valence-corrected chi connectivity index (χ2v) is 17.9. The van der Waals surface area contributed by atoms with E-state index < -0.39 is 0 Å². The van der Waals surface area contributed by atoms with E-state index in [-0.39, 0.29) is 10.8 Å². The molecule has 0 saturated heterocycles. The summed E-state index contributed by atoms with van der Waals surface area (Å²) in [6.07, 6.45) is 0. The molecule has 0 unspecified atom stereocenters. The molecule has 0 radical (unpaired) electrons. The van der Waals surface area contributed by atoms with E-state index in [0.29, 0.717) is 0 Å². The molecule has 0 atom stereocenters. The number of rotatable bonds is 7. The fraction of sp³-hybridized carbons (Fsp3) is 0.103. The lowest BCUT2D eigenvalue weighted by atomic mass is 9.68. The summed E-state index contributed by atoms with van der Waals surface area (Å²) in [7, 11) is 0. The zero-order valence-corrected chi connectivity index (χ0v) is 34.9. The van der Waals surface area contributed by atoms with Gasteiger partial charge in [0.05, 0.1) is 16.7 Å². The molecule has 0 bridgehead atoms. The van der Waals surface area contributed by atoms with Gasteiger partial charge in [-0.1, -0.05) is 143 Å². The first-order chi connectivity index (χ1) is 29.8. The van der Waals surface area contributed by atoms with Gasteiger partial charge in [-0.15, -0.1) is 0 Å². The van der Waals surface area contributed by atoms with Gasteiger partial charge in [0.1, 0.15) is 0 Å². The molecule has 3 heterocycles. The number of para-hydroxylation sites is 4. The maximum absolute atomic E-state index is 2.63. The van der Waals surface area contributed by atoms with E-state index in [9.17, 15) is 0 Å². The van der Waals surface area contributed by atoms with Crippen LogP contribution >= 0.6 is 0 Å². The number of benzene rings is 9. The zero-order valence-electron chi connectivity index (χ0n) is 34.9. The van der Waals surface area contributed by atoms with Gasteiger partial charge in [0.25, 0.3) is 0 Å². The summed E-state index contributed by atoms with van der Waals surface area (Å²) in [5.41, 5.74) is 18.3. The third kappa shape index (κ3) is 5.23. The van der Waals surface area contributed by atoms with Crippen LogP contribution in [0.2, 0.25) is 0 Å². The number of hydrogen-bond acceptors (Lipinski definition) is 2. The highest BCUT2D eigenvalue weighted by Crippen LogP contribution is 2.57. The van der Waals surface area contributed by atoms with Crippen LogP contribution in [0.25, 0.3) is 49.4 Å². The normalized spacial score (nSPS) is 14.2. The van der Waals surface area contributed by atoms with Gasteiger partial charge in [0, 0.05) is 55.7 Å². The van der Waals surface area contributed by atoms with Gasteiger partial charge in [-0.3, -0.25) is 0 Å². The number of anilines is 6. The third-order valence-corrected chi connectivity index (χ3v) is 13.6. The van der Waals surface area contributed by atoms with Crippen LogP contribution in [-0.4, -0.2) is 4.57 Å². The van der Waals surface area contributed by atoms with E-state index in [2.05, 4.69) is 242 Å². The average Bonchev–Trinajstić information content (AvgIpc) is 3.63. The summed E-state index contributed by atoms with van der Waals surface area (Å²) < 4.78 is 2.63. The fourth-order valence-corrected chi connectivity index (χ4v) is 10.6. The van der Waals surface area contributed by atoms with Crippen LogP contribution in [0.1, 0.15) is 49.9 Å². The van der Waals surface area contributed by atoms with Gasteiger partial charge >= 0.3 is 0 Å². The molecule has 0 saturated carbocycles. The SMILES string of the molecule is CC1(C)c2cccc3c2-n2c4c1cc(-c1ccc(N(c5ccccc5)c5ccc6ccccc6c5)cc1)cc4c1cc(N(c4ccccc4)c4ccccc4)cc(c12)C3(C)C. The van der Waals surface area contributed by atoms with Crippen LogP contribution in [0.15, 0.2) is 200 Å². The number of nitrogens with zero attached hydrogens (tertiary/aromatic N) is 3. The van der Waals surface area contributed by atoms with E-state index in [4.69, 9.17) is 0 Å². The van der Waals surface area contributed by atoms with Gasteiger partial charge < -0.3 is 14.4 Å². The lowest BCUT2D eigenvalue weighted by molar-refractivity contribution is 0.594. The van der Waals surface area contributed by atoms with Crippen molar-refractivity contribution in [1.29, 1.82) is 0 Å². The quantitative estimate of drug-likeness (QED) is 0.159. The van der Waals surface area contributed by atoms with Crippen molar-refractivity contribution in [1.82, 2.24) is 4.57 Å². The summed E-state index contributed by atoms with van der Waals surface area (Å²) in [6.45, 7) is 9.69. The highest BCUT2D eigenvalue weighted by molar-refractivity contribution is 6.16. The Balaban J connectivity index is 1.09. The smallest absolute Gasteiger partial charge is 0.0583 e. The van der Waals surface area contributed by atoms with Crippen molar-refractivity contribution in [2.45, 2.75) is 38.5 Å². The molecule has 0 aliphatic carbocycles. The van der Waals surface area contributed by atoms with E-state index >= 15 is 0 Å². The number of aromatic nitrogens is 1. The first-order valence-corrected chi connectivity index (χ1v) is 21.4. The number of hydrogen-bond donors (Lipinski definition) is 0. The van der Waals surface area contributed by atoms with Crippen LogP contribution in [0, 0.1) is 0 Å². The first kappa shape index (κ1) is 35.6. The highest BCUT2D eigenvalue weighted by Gasteiger charge is 2.44. The second-order valence-electron chi connectivity index (χ2n) is 17.9. The fourth-order valence-electron chi connectivity index (χ4n) is 10.6. The van der Waals surface area contributed by atoms with Crippen LogP contribution in [0.4, 0.5) is 34.1 Å². The molecular formula is C58H45N3. The summed E-state index contributed by atoms with van der Waals surface area (Å²) in [5.74, 6) is 0. The lowest BCUT2D eigenvalue weighted by Crippen LogP contribution is -2.33. The molecule has 3 heteroatoms. The van der Waals surface area contributed by atoms with E-state index in [0.717, 1.165) is 34.1 Å². The molecule has 0 amide bonds. The summed E-state index contributed by atoms with van der Waals surface area (Å²) in [4.78, 5) is 4.78. The summed E-state index contributed by atoms with van der Waals surface area (Å²) in [6, 6.07) is 73.7. The highest BCUT2D eigenvalue weighted by atomic mass is 15.1. The van der Waals surface area contributed by atoms with Crippen molar-refractivity contribution >= 4 is 66.7 Å². The first-order valence-electron chi connectivity index (χ1n) is 21.4. The minimum atomic E-state index is -0.231. The molecule has 2 aliphatic heterocycles. The maximum atomic E-state index is 2.63. The standard InChI is InChI=1S/C58H45N3/c1-57(2)50-25-16-26-51-56(50)61-54-48(49-36-47(37-53(55(49)61)58(51,3)4)60(43-21-10-6-11-22-43)44-23-12-7-13-24-44)34-41(35-52(54)57)39-27-30-45(31-28-39)59(42-19-8-5-9-20-42)46-32-29-38-17-14-15-18-40(38)33-46/h5-37H,1-4H3. The Morgan fingerprint density at radius 2 is 0.803 bits per heavy atom. The van der Waals surface area contributed by atoms with Crippen LogP contribution in [0.5, 0.6) is 0 Å². The lowest BCUT2D eigenvalue weighted by Gasteiger charge is -2.42. The van der Waals surface area contributed by atoms with Crippen LogP contribution < -0.4 is 9.80 Å². The van der Waals surface area contributed by atoms with Crippen molar-refractivity contribution < 1.29 is 0 Å². The van der Waals surface area contributed by atoms with E-state index in [1.54, 1.807) is 0 Å². The molecule has 2 aliphatic rings. The molecule has 3 nitrogen and oxygen atoms in total. The molecular weight excluding hydrogens is 739 g/mol. The summed E-state index contributed by atoms with van der Waals surface area (Å²) >= 11 is 0. The molecule has 0 fully saturated rings. The molecule has 0 spiro atoms. The Bertz CT molecular complexity index is 3300. The Kier molecular flexibility index (Phi) is 7.62. The Morgan fingerprint density at radius 1 is 0.328 bits per heavy atom. The minimum Gasteiger partial charge on any atom is -0.310 e. The second kappa shape index (κ2) is 13.1. The number of fused-ring (bicyclic) bond motifs is 2. The van der Waals surface area contributed by atoms with Gasteiger partial charge in [0.2, 0.25) is 0 Å². The molecule has 61 heavy (non-hydrogen) atoms. The van der Waals surface area contributed by atoms with Crippen LogP contribution in [0.3, 0.4) is 0 Å². The summed E-state index contributed by atoms with van der Waals surface area (Å²) in [5, 5.41) is 5.05. The molecule has 10 aromatic rings. The zero-order chi connectivity index (χ0) is 41.0. The molecule has 1 aromatic heterocycles. The average molecular weight is 784 g/mol. The maximum Gasteiger partial charge on any atom is 0.0583 e. The van der Waals surface area contributed by atoms with E-state index in [1.807, 2.05) is 0 Å². The Hall–Kier alpha value is -7.36. The Labute approximate surface area is 357 Å². The van der Waals surface area contributed by atoms with Crippen molar-refractivity contribution in [3.63, 3.8) is 0 Å². The molecule has 12 rings (SSSR count). The van der Waals surface area contributed by atoms with Gasteiger partial charge in [-0.25, -0.2) is 0 Å². The predicted molar refractivity (Wildman–Crippen MR) is 257 cm³/mol. The largest absolute Gasteiger partial charge is 0.310 e. The van der Waals surface area contributed by atoms with E-state index in [1.165, 1.54) is 71.6 Å². The van der Waals surface area contributed by atoms with Crippen molar-refractivity contribution in [2.75, 3.05) is 9.80 Å².